The van der Waals surface area contributed by atoms with Crippen molar-refractivity contribution in [2.24, 2.45) is 0 Å². The molecule has 0 spiro atoms. The van der Waals surface area contributed by atoms with Crippen molar-refractivity contribution in [1.82, 2.24) is 4.90 Å². The highest BCUT2D eigenvalue weighted by Crippen LogP contribution is 2.24. The van der Waals surface area contributed by atoms with E-state index in [1.54, 1.807) is 24.0 Å². The van der Waals surface area contributed by atoms with Crippen LogP contribution in [0, 0.1) is 6.92 Å². The van der Waals surface area contributed by atoms with Gasteiger partial charge in [0.2, 0.25) is 0 Å². The largest absolute Gasteiger partial charge is 0.398 e. The minimum absolute atomic E-state index is 0.0290. The van der Waals surface area contributed by atoms with Crippen molar-refractivity contribution in [3.63, 3.8) is 0 Å². The monoisotopic (exact) mass is 346 g/mol. The molecule has 0 atom stereocenters. The lowest BCUT2D eigenvalue weighted by molar-refractivity contribution is 0.0769. The Kier molecular flexibility index (Phi) is 3.87. The number of anilines is 1. The predicted octanol–water partition coefficient (Wildman–Crippen LogP) is 1.21. The number of carbonyl (C=O) groups excluding carboxylic acids is 1. The number of amides is 1. The zero-order chi connectivity index (χ0) is 14.2. The van der Waals surface area contributed by atoms with E-state index in [0.29, 0.717) is 11.3 Å². The Balaban J connectivity index is 2.26. The highest BCUT2D eigenvalue weighted by atomic mass is 79.9. The standard InChI is InChI=1S/C12H15BrN2O3S/c1-8-10(6-9(13)7-11(8)14)12(16)15-2-4-19(17,18)5-3-15/h6-7H,2-5,14H2,1H3. The predicted molar refractivity (Wildman–Crippen MR) is 77.8 cm³/mol. The lowest BCUT2D eigenvalue weighted by Gasteiger charge is -2.27. The molecule has 0 aromatic heterocycles. The highest BCUT2D eigenvalue weighted by molar-refractivity contribution is 9.10. The number of rotatable bonds is 1. The van der Waals surface area contributed by atoms with E-state index in [2.05, 4.69) is 15.9 Å². The maximum atomic E-state index is 12.4. The molecule has 7 heteroatoms. The highest BCUT2D eigenvalue weighted by Gasteiger charge is 2.26. The minimum Gasteiger partial charge on any atom is -0.398 e. The molecule has 0 radical (unpaired) electrons. The molecule has 1 heterocycles. The van der Waals surface area contributed by atoms with E-state index < -0.39 is 9.84 Å². The fourth-order valence-corrected chi connectivity index (χ4v) is 3.68. The van der Waals surface area contributed by atoms with Crippen molar-refractivity contribution < 1.29 is 13.2 Å². The van der Waals surface area contributed by atoms with Gasteiger partial charge in [-0.05, 0) is 24.6 Å². The first kappa shape index (κ1) is 14.3. The molecule has 1 aromatic rings. The molecule has 0 saturated carbocycles. The average Bonchev–Trinajstić information content (AvgIpc) is 2.33. The van der Waals surface area contributed by atoms with Crippen molar-refractivity contribution in [3.8, 4) is 0 Å². The van der Waals surface area contributed by atoms with E-state index in [1.165, 1.54) is 0 Å². The number of nitrogens with zero attached hydrogens (tertiary/aromatic N) is 1. The molecule has 5 nitrogen and oxygen atoms in total. The van der Waals surface area contributed by atoms with Gasteiger partial charge in [0, 0.05) is 28.8 Å². The van der Waals surface area contributed by atoms with Crippen LogP contribution < -0.4 is 5.73 Å². The molecule has 19 heavy (non-hydrogen) atoms. The van der Waals surface area contributed by atoms with Gasteiger partial charge in [-0.3, -0.25) is 4.79 Å². The molecule has 0 unspecified atom stereocenters. The van der Waals surface area contributed by atoms with Crippen molar-refractivity contribution in [3.05, 3.63) is 27.7 Å². The van der Waals surface area contributed by atoms with Gasteiger partial charge in [0.05, 0.1) is 11.5 Å². The average molecular weight is 347 g/mol. The van der Waals surface area contributed by atoms with Crippen LogP contribution in [-0.4, -0.2) is 43.8 Å². The number of nitrogen functional groups attached to an aromatic ring is 1. The van der Waals surface area contributed by atoms with E-state index >= 15 is 0 Å². The molecule has 1 aliphatic rings. The topological polar surface area (TPSA) is 80.5 Å². The fraction of sp³-hybridized carbons (Fsp3) is 0.417. The molecule has 1 saturated heterocycles. The number of sulfone groups is 1. The minimum atomic E-state index is -2.99. The first-order valence-electron chi connectivity index (χ1n) is 5.85. The Hall–Kier alpha value is -1.08. The summed E-state index contributed by atoms with van der Waals surface area (Å²) < 4.78 is 23.5. The summed E-state index contributed by atoms with van der Waals surface area (Å²) in [5.41, 5.74) is 7.62. The van der Waals surface area contributed by atoms with Crippen LogP contribution in [0.1, 0.15) is 15.9 Å². The lowest BCUT2D eigenvalue weighted by atomic mass is 10.1. The van der Waals surface area contributed by atoms with Crippen molar-refractivity contribution >= 4 is 37.4 Å². The van der Waals surface area contributed by atoms with Crippen LogP contribution >= 0.6 is 15.9 Å². The van der Waals surface area contributed by atoms with E-state index in [0.717, 1.165) is 10.0 Å². The zero-order valence-corrected chi connectivity index (χ0v) is 12.9. The number of nitrogens with two attached hydrogens (primary N) is 1. The lowest BCUT2D eigenvalue weighted by Crippen LogP contribution is -2.44. The first-order valence-corrected chi connectivity index (χ1v) is 8.47. The van der Waals surface area contributed by atoms with E-state index in [-0.39, 0.29) is 30.5 Å². The summed E-state index contributed by atoms with van der Waals surface area (Å²) in [6, 6.07) is 3.46. The van der Waals surface area contributed by atoms with Gasteiger partial charge in [-0.1, -0.05) is 15.9 Å². The second kappa shape index (κ2) is 5.13. The van der Waals surface area contributed by atoms with Crippen LogP contribution in [0.25, 0.3) is 0 Å². The molecule has 2 rings (SSSR count). The number of halogens is 1. The molecular weight excluding hydrogens is 332 g/mol. The summed E-state index contributed by atoms with van der Waals surface area (Å²) in [5.74, 6) is -0.108. The van der Waals surface area contributed by atoms with Gasteiger partial charge in [-0.15, -0.1) is 0 Å². The number of hydrogen-bond acceptors (Lipinski definition) is 4. The fourth-order valence-electron chi connectivity index (χ4n) is 2.01. The van der Waals surface area contributed by atoms with Crippen LogP contribution in [0.3, 0.4) is 0 Å². The molecule has 1 fully saturated rings. The van der Waals surface area contributed by atoms with Gasteiger partial charge in [0.1, 0.15) is 0 Å². The second-order valence-electron chi connectivity index (χ2n) is 4.61. The van der Waals surface area contributed by atoms with Crippen LogP contribution in [0.4, 0.5) is 5.69 Å². The molecular formula is C12H15BrN2O3S. The summed E-state index contributed by atoms with van der Waals surface area (Å²) in [6.07, 6.45) is 0. The SMILES string of the molecule is Cc1c(N)cc(Br)cc1C(=O)N1CCS(=O)(=O)CC1. The quantitative estimate of drug-likeness (QED) is 0.775. The van der Waals surface area contributed by atoms with Crippen molar-refractivity contribution in [1.29, 1.82) is 0 Å². The number of hydrogen-bond donors (Lipinski definition) is 1. The summed E-state index contributed by atoms with van der Waals surface area (Å²) >= 11 is 3.31. The zero-order valence-electron chi connectivity index (χ0n) is 10.5. The summed E-state index contributed by atoms with van der Waals surface area (Å²) in [7, 11) is -2.99. The van der Waals surface area contributed by atoms with Crippen molar-refractivity contribution in [2.45, 2.75) is 6.92 Å². The third-order valence-corrected chi connectivity index (χ3v) is 5.34. The summed E-state index contributed by atoms with van der Waals surface area (Å²) in [4.78, 5) is 14.0. The number of carbonyl (C=O) groups is 1. The van der Waals surface area contributed by atoms with Crippen molar-refractivity contribution in [2.75, 3.05) is 30.3 Å². The Morgan fingerprint density at radius 2 is 1.89 bits per heavy atom. The maximum absolute atomic E-state index is 12.4. The van der Waals surface area contributed by atoms with Crippen LogP contribution in [0.2, 0.25) is 0 Å². The van der Waals surface area contributed by atoms with E-state index in [1.807, 2.05) is 0 Å². The molecule has 1 amide bonds. The van der Waals surface area contributed by atoms with E-state index in [4.69, 9.17) is 5.73 Å². The Bertz CT molecular complexity index is 614. The van der Waals surface area contributed by atoms with Gasteiger partial charge in [0.25, 0.3) is 5.91 Å². The Morgan fingerprint density at radius 3 is 2.47 bits per heavy atom. The van der Waals surface area contributed by atoms with Gasteiger partial charge in [0.15, 0.2) is 9.84 Å². The molecule has 0 aliphatic carbocycles. The van der Waals surface area contributed by atoms with Gasteiger partial charge >= 0.3 is 0 Å². The maximum Gasteiger partial charge on any atom is 0.254 e. The summed E-state index contributed by atoms with van der Waals surface area (Å²) in [6.45, 7) is 2.27. The van der Waals surface area contributed by atoms with Gasteiger partial charge in [-0.25, -0.2) is 8.42 Å². The van der Waals surface area contributed by atoms with Crippen LogP contribution in [-0.2, 0) is 9.84 Å². The second-order valence-corrected chi connectivity index (χ2v) is 7.83. The molecule has 1 aromatic carbocycles. The third kappa shape index (κ3) is 3.09. The smallest absolute Gasteiger partial charge is 0.254 e. The van der Waals surface area contributed by atoms with Gasteiger partial charge in [-0.2, -0.15) is 0 Å². The molecule has 104 valence electrons. The third-order valence-electron chi connectivity index (χ3n) is 3.27. The number of benzene rings is 1. The molecule has 0 bridgehead atoms. The van der Waals surface area contributed by atoms with Crippen LogP contribution in [0.5, 0.6) is 0 Å². The van der Waals surface area contributed by atoms with Gasteiger partial charge < -0.3 is 10.6 Å². The Labute approximate surface area is 120 Å². The first-order chi connectivity index (χ1) is 8.80. The molecule has 2 N–H and O–H groups in total. The Morgan fingerprint density at radius 1 is 1.32 bits per heavy atom. The van der Waals surface area contributed by atoms with E-state index in [9.17, 15) is 13.2 Å². The normalized spacial score (nSPS) is 18.3. The van der Waals surface area contributed by atoms with Crippen LogP contribution in [0.15, 0.2) is 16.6 Å². The molecule has 1 aliphatic heterocycles. The summed E-state index contributed by atoms with van der Waals surface area (Å²) in [5, 5.41) is 0.